The molecule has 4 rings (SSSR count). The number of carbonyl (C=O) groups is 3. The van der Waals surface area contributed by atoms with Crippen LogP contribution in [0.3, 0.4) is 0 Å². The molecule has 2 amide bonds. The first-order valence-corrected chi connectivity index (χ1v) is 10.6. The third kappa shape index (κ3) is 3.74. The summed E-state index contributed by atoms with van der Waals surface area (Å²) in [5, 5.41) is 9.53. The van der Waals surface area contributed by atoms with Crippen molar-refractivity contribution in [2.75, 3.05) is 11.4 Å². The van der Waals surface area contributed by atoms with E-state index in [-0.39, 0.29) is 28.1 Å². The first kappa shape index (κ1) is 20.6. The molecular weight excluding hydrogens is 444 g/mol. The number of thiocarbonyl (C=S) groups is 1. The van der Waals surface area contributed by atoms with Crippen molar-refractivity contribution in [3.05, 3.63) is 69.6 Å². The molecule has 1 N–H and O–H groups in total. The molecule has 0 atom stereocenters. The van der Waals surface area contributed by atoms with Crippen LogP contribution in [0.2, 0.25) is 5.02 Å². The van der Waals surface area contributed by atoms with E-state index in [1.165, 1.54) is 4.90 Å². The first-order valence-electron chi connectivity index (χ1n) is 9.02. The Kier molecular flexibility index (Phi) is 5.64. The topological polar surface area (TPSA) is 77.9 Å². The van der Waals surface area contributed by atoms with Gasteiger partial charge in [-0.3, -0.25) is 19.3 Å². The minimum absolute atomic E-state index is 0.0267. The molecule has 9 heteroatoms. The molecule has 2 aliphatic rings. The largest absolute Gasteiger partial charge is 0.481 e. The average Bonchev–Trinajstić information content (AvgIpc) is 3.15. The summed E-state index contributed by atoms with van der Waals surface area (Å²) in [5.41, 5.74) is 2.58. The number of halogens is 1. The maximum absolute atomic E-state index is 13.4. The molecular formula is C21H15ClN2O4S2. The van der Waals surface area contributed by atoms with Gasteiger partial charge in [0.15, 0.2) is 0 Å². The van der Waals surface area contributed by atoms with E-state index >= 15 is 0 Å². The van der Waals surface area contributed by atoms with Crippen LogP contribution >= 0.6 is 35.6 Å². The Balaban J connectivity index is 1.71. The number of carboxylic acids is 1. The number of rotatable bonds is 5. The van der Waals surface area contributed by atoms with E-state index in [1.54, 1.807) is 23.1 Å². The fourth-order valence-corrected chi connectivity index (χ4v) is 4.88. The standard InChI is InChI=1S/C21H15ClN2O4S2/c22-13-7-5-12(6-8-13)11-24-15-4-2-1-3-14(15)17(19(24)27)18-20(28)23(21(29)30-18)10-9-16(25)26/h1-8H,9-11H2,(H,25,26). The quantitative estimate of drug-likeness (QED) is 0.540. The number of benzene rings is 2. The molecule has 1 fully saturated rings. The van der Waals surface area contributed by atoms with Gasteiger partial charge in [0.1, 0.15) is 4.32 Å². The zero-order chi connectivity index (χ0) is 21.4. The van der Waals surface area contributed by atoms with E-state index in [9.17, 15) is 14.4 Å². The maximum Gasteiger partial charge on any atom is 0.305 e. The Morgan fingerprint density at radius 2 is 1.73 bits per heavy atom. The van der Waals surface area contributed by atoms with Crippen molar-refractivity contribution in [1.29, 1.82) is 0 Å². The average molecular weight is 459 g/mol. The predicted octanol–water partition coefficient (Wildman–Crippen LogP) is 3.93. The van der Waals surface area contributed by atoms with Crippen molar-refractivity contribution >= 4 is 68.9 Å². The number of anilines is 1. The minimum atomic E-state index is -1.02. The highest BCUT2D eigenvalue weighted by Gasteiger charge is 2.41. The van der Waals surface area contributed by atoms with E-state index in [4.69, 9.17) is 28.9 Å². The van der Waals surface area contributed by atoms with Gasteiger partial charge in [-0.1, -0.05) is 65.9 Å². The van der Waals surface area contributed by atoms with Gasteiger partial charge in [-0.2, -0.15) is 0 Å². The summed E-state index contributed by atoms with van der Waals surface area (Å²) in [4.78, 5) is 40.3. The summed E-state index contributed by atoms with van der Waals surface area (Å²) in [5.74, 6) is -1.74. The van der Waals surface area contributed by atoms with Gasteiger partial charge in [0.25, 0.3) is 11.8 Å². The second kappa shape index (κ2) is 8.22. The van der Waals surface area contributed by atoms with E-state index < -0.39 is 11.9 Å². The monoisotopic (exact) mass is 458 g/mol. The van der Waals surface area contributed by atoms with Crippen LogP contribution < -0.4 is 4.90 Å². The molecule has 2 aliphatic heterocycles. The van der Waals surface area contributed by atoms with Crippen LogP contribution in [0.4, 0.5) is 5.69 Å². The van der Waals surface area contributed by atoms with Crippen LogP contribution in [-0.4, -0.2) is 38.7 Å². The first-order chi connectivity index (χ1) is 14.4. The van der Waals surface area contributed by atoms with Crippen molar-refractivity contribution in [3.63, 3.8) is 0 Å². The molecule has 0 bridgehead atoms. The molecule has 2 aromatic carbocycles. The van der Waals surface area contributed by atoms with Crippen molar-refractivity contribution in [2.45, 2.75) is 13.0 Å². The van der Waals surface area contributed by atoms with E-state index in [0.29, 0.717) is 28.4 Å². The van der Waals surface area contributed by atoms with Crippen LogP contribution in [0.15, 0.2) is 53.4 Å². The van der Waals surface area contributed by atoms with E-state index in [0.717, 1.165) is 17.3 Å². The fraction of sp³-hybridized carbons (Fsp3) is 0.143. The van der Waals surface area contributed by atoms with Crippen LogP contribution in [0.1, 0.15) is 17.5 Å². The number of thioether (sulfide) groups is 1. The highest BCUT2D eigenvalue weighted by atomic mass is 35.5. The third-order valence-electron chi connectivity index (χ3n) is 4.80. The van der Waals surface area contributed by atoms with Crippen LogP contribution in [-0.2, 0) is 20.9 Å². The number of para-hydroxylation sites is 1. The van der Waals surface area contributed by atoms with Gasteiger partial charge in [-0.05, 0) is 23.8 Å². The molecule has 30 heavy (non-hydrogen) atoms. The Labute approximate surface area is 187 Å². The number of fused-ring (bicyclic) bond motifs is 1. The van der Waals surface area contributed by atoms with Crippen LogP contribution in [0.5, 0.6) is 0 Å². The zero-order valence-electron chi connectivity index (χ0n) is 15.5. The number of hydrogen-bond donors (Lipinski definition) is 1. The maximum atomic E-state index is 13.4. The number of carboxylic acid groups (broad SMARTS) is 1. The van der Waals surface area contributed by atoms with Gasteiger partial charge in [0.05, 0.1) is 29.1 Å². The minimum Gasteiger partial charge on any atom is -0.481 e. The number of hydrogen-bond acceptors (Lipinski definition) is 5. The molecule has 6 nitrogen and oxygen atoms in total. The molecule has 1 saturated heterocycles. The Hall–Kier alpha value is -2.68. The van der Waals surface area contributed by atoms with Crippen molar-refractivity contribution in [1.82, 2.24) is 4.90 Å². The highest BCUT2D eigenvalue weighted by molar-refractivity contribution is 8.26. The van der Waals surface area contributed by atoms with Gasteiger partial charge in [0, 0.05) is 17.1 Å². The summed E-state index contributed by atoms with van der Waals surface area (Å²) < 4.78 is 0.255. The molecule has 0 spiro atoms. The fourth-order valence-electron chi connectivity index (χ4n) is 3.38. The van der Waals surface area contributed by atoms with Crippen molar-refractivity contribution in [3.8, 4) is 0 Å². The van der Waals surface area contributed by atoms with Gasteiger partial charge >= 0.3 is 5.97 Å². The molecule has 152 valence electrons. The van der Waals surface area contributed by atoms with Gasteiger partial charge in [-0.25, -0.2) is 0 Å². The predicted molar refractivity (Wildman–Crippen MR) is 120 cm³/mol. The van der Waals surface area contributed by atoms with Crippen molar-refractivity contribution in [2.24, 2.45) is 0 Å². The summed E-state index contributed by atoms with van der Waals surface area (Å²) in [6.07, 6.45) is -0.220. The zero-order valence-corrected chi connectivity index (χ0v) is 17.9. The lowest BCUT2D eigenvalue weighted by molar-refractivity contribution is -0.137. The number of carbonyl (C=O) groups excluding carboxylic acids is 2. The number of nitrogens with zero attached hydrogens (tertiary/aromatic N) is 2. The summed E-state index contributed by atoms with van der Waals surface area (Å²) >= 11 is 12.3. The smallest absolute Gasteiger partial charge is 0.305 e. The Bertz CT molecular complexity index is 1110. The number of amides is 2. The summed E-state index contributed by atoms with van der Waals surface area (Å²) in [7, 11) is 0. The van der Waals surface area contributed by atoms with E-state index in [1.807, 2.05) is 30.3 Å². The SMILES string of the molecule is O=C(O)CCN1C(=O)C(=C2C(=O)N(Cc3ccc(Cl)cc3)c3ccccc32)SC1=S. The Morgan fingerprint density at radius 3 is 2.43 bits per heavy atom. The second-order valence-electron chi connectivity index (χ2n) is 6.71. The molecule has 2 heterocycles. The second-order valence-corrected chi connectivity index (χ2v) is 8.79. The van der Waals surface area contributed by atoms with Gasteiger partial charge in [-0.15, -0.1) is 0 Å². The lowest BCUT2D eigenvalue weighted by atomic mass is 10.1. The lowest BCUT2D eigenvalue weighted by Gasteiger charge is -2.17. The summed E-state index contributed by atoms with van der Waals surface area (Å²) in [6.45, 7) is 0.303. The lowest BCUT2D eigenvalue weighted by Crippen LogP contribution is -2.31. The van der Waals surface area contributed by atoms with Crippen molar-refractivity contribution < 1.29 is 19.5 Å². The molecule has 0 unspecified atom stereocenters. The van der Waals surface area contributed by atoms with Gasteiger partial charge < -0.3 is 10.0 Å². The normalized spacial score (nSPS) is 18.4. The molecule has 0 radical (unpaired) electrons. The van der Waals surface area contributed by atoms with Crippen LogP contribution in [0.25, 0.3) is 5.57 Å². The number of aliphatic carboxylic acids is 1. The van der Waals surface area contributed by atoms with E-state index in [2.05, 4.69) is 0 Å². The molecule has 0 aliphatic carbocycles. The molecule has 0 saturated carbocycles. The molecule has 2 aromatic rings. The van der Waals surface area contributed by atoms with Gasteiger partial charge in [0.2, 0.25) is 0 Å². The van der Waals surface area contributed by atoms with Crippen LogP contribution in [0, 0.1) is 0 Å². The highest BCUT2D eigenvalue weighted by Crippen LogP contribution is 2.45. The molecule has 0 aromatic heterocycles. The summed E-state index contributed by atoms with van der Waals surface area (Å²) in [6, 6.07) is 14.5. The Morgan fingerprint density at radius 1 is 1.03 bits per heavy atom. The third-order valence-corrected chi connectivity index (χ3v) is 6.50.